The van der Waals surface area contributed by atoms with Crippen molar-refractivity contribution in [3.05, 3.63) is 0 Å². The number of aliphatic hydroxyl groups excluding tert-OH is 1. The molecule has 1 aliphatic rings. The highest BCUT2D eigenvalue weighted by atomic mass is 16.6. The zero-order chi connectivity index (χ0) is 16.2. The van der Waals surface area contributed by atoms with Gasteiger partial charge in [0.2, 0.25) is 0 Å². The van der Waals surface area contributed by atoms with Gasteiger partial charge in [-0.2, -0.15) is 0 Å². The van der Waals surface area contributed by atoms with E-state index in [9.17, 15) is 9.90 Å². The molecule has 3 atom stereocenters. The monoisotopic (exact) mass is 300 g/mol. The quantitative estimate of drug-likeness (QED) is 0.750. The summed E-state index contributed by atoms with van der Waals surface area (Å²) in [6, 6.07) is 0.0607. The molecule has 1 fully saturated rings. The molecule has 0 amide bonds. The first kappa shape index (κ1) is 18.4. The molecule has 124 valence electrons. The maximum Gasteiger partial charge on any atom is 0.320 e. The van der Waals surface area contributed by atoms with E-state index >= 15 is 0 Å². The van der Waals surface area contributed by atoms with Gasteiger partial charge in [-0.1, -0.05) is 13.8 Å². The lowest BCUT2D eigenvalue weighted by Crippen LogP contribution is -2.50. The van der Waals surface area contributed by atoms with Crippen LogP contribution in [0.25, 0.3) is 0 Å². The molecule has 0 aliphatic carbocycles. The molecule has 3 unspecified atom stereocenters. The molecule has 0 radical (unpaired) electrons. The van der Waals surface area contributed by atoms with Crippen molar-refractivity contribution >= 4 is 5.97 Å². The molecule has 0 bridgehead atoms. The minimum Gasteiger partial charge on any atom is -0.459 e. The van der Waals surface area contributed by atoms with Gasteiger partial charge in [0.1, 0.15) is 5.60 Å². The molecule has 21 heavy (non-hydrogen) atoms. The number of carbonyl (C=O) groups is 1. The van der Waals surface area contributed by atoms with Gasteiger partial charge < -0.3 is 15.6 Å². The maximum absolute atomic E-state index is 11.9. The van der Waals surface area contributed by atoms with Gasteiger partial charge >= 0.3 is 5.97 Å². The van der Waals surface area contributed by atoms with Crippen LogP contribution in [0.1, 0.15) is 47.5 Å². The standard InChI is InChI=1S/C16H32N2O3/c1-11(2)14(19)7-12-6-13(17)9-18(8-12)10-15(20)21-16(3,4)5/h11-14,19H,6-10,17H2,1-5H3. The summed E-state index contributed by atoms with van der Waals surface area (Å²) in [5.74, 6) is 0.385. The summed E-state index contributed by atoms with van der Waals surface area (Å²) in [5, 5.41) is 10.0. The third-order valence-corrected chi connectivity index (χ3v) is 3.76. The number of rotatable bonds is 5. The third-order valence-electron chi connectivity index (χ3n) is 3.76. The molecule has 3 N–H and O–H groups in total. The molecule has 1 aliphatic heterocycles. The van der Waals surface area contributed by atoms with Crippen LogP contribution in [0.3, 0.4) is 0 Å². The van der Waals surface area contributed by atoms with Gasteiger partial charge in [-0.15, -0.1) is 0 Å². The molecule has 1 saturated heterocycles. The van der Waals surface area contributed by atoms with Crippen LogP contribution < -0.4 is 5.73 Å². The fourth-order valence-corrected chi connectivity index (χ4v) is 2.82. The first-order chi connectivity index (χ1) is 9.56. The maximum atomic E-state index is 11.9. The van der Waals surface area contributed by atoms with Gasteiger partial charge in [0.25, 0.3) is 0 Å². The van der Waals surface area contributed by atoms with Gasteiger partial charge in [0, 0.05) is 19.1 Å². The fourth-order valence-electron chi connectivity index (χ4n) is 2.82. The number of esters is 1. The van der Waals surface area contributed by atoms with Crippen molar-refractivity contribution < 1.29 is 14.6 Å². The lowest BCUT2D eigenvalue weighted by atomic mass is 9.87. The van der Waals surface area contributed by atoms with Crippen molar-refractivity contribution in [3.8, 4) is 0 Å². The number of aliphatic hydroxyl groups is 1. The van der Waals surface area contributed by atoms with Crippen LogP contribution in [0, 0.1) is 11.8 Å². The van der Waals surface area contributed by atoms with Crippen molar-refractivity contribution in [2.45, 2.75) is 65.2 Å². The van der Waals surface area contributed by atoms with E-state index in [1.165, 1.54) is 0 Å². The summed E-state index contributed by atoms with van der Waals surface area (Å²) in [4.78, 5) is 14.0. The Bertz CT molecular complexity index is 339. The normalized spacial score (nSPS) is 25.9. The molecule has 0 aromatic heterocycles. The van der Waals surface area contributed by atoms with Crippen molar-refractivity contribution in [2.24, 2.45) is 17.6 Å². The number of nitrogens with two attached hydrogens (primary N) is 1. The number of likely N-dealkylation sites (tertiary alicyclic amines) is 1. The molecular weight excluding hydrogens is 268 g/mol. The van der Waals surface area contributed by atoms with Crippen LogP contribution >= 0.6 is 0 Å². The highest BCUT2D eigenvalue weighted by Crippen LogP contribution is 2.23. The van der Waals surface area contributed by atoms with Crippen molar-refractivity contribution in [1.82, 2.24) is 4.90 Å². The average molecular weight is 300 g/mol. The zero-order valence-electron chi connectivity index (χ0n) is 14.1. The Morgan fingerprint density at radius 1 is 1.38 bits per heavy atom. The van der Waals surface area contributed by atoms with E-state index in [0.29, 0.717) is 12.5 Å². The lowest BCUT2D eigenvalue weighted by molar-refractivity contribution is -0.156. The third kappa shape index (κ3) is 7.25. The second-order valence-corrected chi connectivity index (χ2v) is 7.69. The van der Waals surface area contributed by atoms with Gasteiger partial charge in [-0.05, 0) is 45.4 Å². The fraction of sp³-hybridized carbons (Fsp3) is 0.938. The molecule has 0 aromatic carbocycles. The molecule has 5 nitrogen and oxygen atoms in total. The smallest absolute Gasteiger partial charge is 0.320 e. The van der Waals surface area contributed by atoms with E-state index in [1.54, 1.807) is 0 Å². The highest BCUT2D eigenvalue weighted by Gasteiger charge is 2.29. The van der Waals surface area contributed by atoms with Crippen molar-refractivity contribution in [3.63, 3.8) is 0 Å². The van der Waals surface area contributed by atoms with Crippen LogP contribution in [0.5, 0.6) is 0 Å². The van der Waals surface area contributed by atoms with Crippen LogP contribution in [0.4, 0.5) is 0 Å². The second kappa shape index (κ2) is 7.56. The molecule has 0 spiro atoms. The molecule has 0 saturated carbocycles. The van der Waals surface area contributed by atoms with E-state index in [-0.39, 0.29) is 30.6 Å². The molecule has 1 heterocycles. The highest BCUT2D eigenvalue weighted by molar-refractivity contribution is 5.72. The number of nitrogens with zero attached hydrogens (tertiary/aromatic N) is 1. The average Bonchev–Trinajstić information content (AvgIpc) is 2.24. The van der Waals surface area contributed by atoms with Crippen molar-refractivity contribution in [2.75, 3.05) is 19.6 Å². The summed E-state index contributed by atoms with van der Waals surface area (Å²) in [7, 11) is 0. The Hall–Kier alpha value is -0.650. The summed E-state index contributed by atoms with van der Waals surface area (Å²) < 4.78 is 5.36. The van der Waals surface area contributed by atoms with Crippen LogP contribution in [0.2, 0.25) is 0 Å². The van der Waals surface area contributed by atoms with Crippen molar-refractivity contribution in [1.29, 1.82) is 0 Å². The summed E-state index contributed by atoms with van der Waals surface area (Å²) in [5.41, 5.74) is 5.64. The second-order valence-electron chi connectivity index (χ2n) is 7.69. The summed E-state index contributed by atoms with van der Waals surface area (Å²) >= 11 is 0. The van der Waals surface area contributed by atoms with E-state index < -0.39 is 5.60 Å². The Balaban J connectivity index is 2.50. The van der Waals surface area contributed by atoms with Gasteiger partial charge in [0.15, 0.2) is 0 Å². The topological polar surface area (TPSA) is 75.8 Å². The largest absolute Gasteiger partial charge is 0.459 e. The molecular formula is C16H32N2O3. The predicted octanol–water partition coefficient (Wildman–Crippen LogP) is 1.38. The van der Waals surface area contributed by atoms with E-state index in [4.69, 9.17) is 10.5 Å². The first-order valence-corrected chi connectivity index (χ1v) is 7.94. The number of piperidine rings is 1. The minimum atomic E-state index is -0.456. The predicted molar refractivity (Wildman–Crippen MR) is 83.8 cm³/mol. The first-order valence-electron chi connectivity index (χ1n) is 7.94. The number of ether oxygens (including phenoxy) is 1. The Labute approximate surface area is 128 Å². The van der Waals surface area contributed by atoms with E-state index in [0.717, 1.165) is 19.4 Å². The molecule has 1 rings (SSSR count). The Morgan fingerprint density at radius 3 is 2.52 bits per heavy atom. The van der Waals surface area contributed by atoms with Gasteiger partial charge in [0.05, 0.1) is 12.6 Å². The number of carbonyl (C=O) groups excluding carboxylic acids is 1. The van der Waals surface area contributed by atoms with E-state index in [2.05, 4.69) is 4.90 Å². The van der Waals surface area contributed by atoms with Gasteiger partial charge in [-0.25, -0.2) is 0 Å². The molecule has 5 heteroatoms. The SMILES string of the molecule is CC(C)C(O)CC1CC(N)CN(CC(=O)OC(C)(C)C)C1. The Kier molecular flexibility index (Phi) is 6.63. The van der Waals surface area contributed by atoms with Crippen LogP contribution in [-0.4, -0.2) is 53.4 Å². The minimum absolute atomic E-state index is 0.0607. The summed E-state index contributed by atoms with van der Waals surface area (Å²) in [6.45, 7) is 11.4. The lowest BCUT2D eigenvalue weighted by Gasteiger charge is -2.37. The molecule has 0 aromatic rings. The zero-order valence-corrected chi connectivity index (χ0v) is 14.1. The summed E-state index contributed by atoms with van der Waals surface area (Å²) in [6.07, 6.45) is 1.36. The number of hydrogen-bond acceptors (Lipinski definition) is 5. The Morgan fingerprint density at radius 2 is 2.00 bits per heavy atom. The van der Waals surface area contributed by atoms with Crippen LogP contribution in [0.15, 0.2) is 0 Å². The van der Waals surface area contributed by atoms with E-state index in [1.807, 2.05) is 34.6 Å². The van der Waals surface area contributed by atoms with Gasteiger partial charge in [-0.3, -0.25) is 9.69 Å². The van der Waals surface area contributed by atoms with Crippen LogP contribution in [-0.2, 0) is 9.53 Å². The number of hydrogen-bond donors (Lipinski definition) is 2.